The third-order valence-electron chi connectivity index (χ3n) is 4.96. The molecular weight excluding hydrogens is 478 g/mol. The number of nitrogens with one attached hydrogen (secondary N) is 3. The van der Waals surface area contributed by atoms with E-state index in [-0.39, 0.29) is 12.8 Å². The van der Waals surface area contributed by atoms with Crippen LogP contribution in [-0.4, -0.2) is 82.1 Å². The minimum absolute atomic E-state index is 0.0369. The van der Waals surface area contributed by atoms with E-state index in [1.165, 1.54) is 18.7 Å². The first-order valence-electron chi connectivity index (χ1n) is 10.8. The molecule has 1 rings (SSSR count). The summed E-state index contributed by atoms with van der Waals surface area (Å²) in [6, 6.07) is 3.56. The number of nitrogens with two attached hydrogens (primary N) is 2. The Morgan fingerprint density at radius 1 is 0.971 bits per heavy atom. The summed E-state index contributed by atoms with van der Waals surface area (Å²) in [5.41, 5.74) is 11.3. The van der Waals surface area contributed by atoms with Gasteiger partial charge in [0.1, 0.15) is 18.1 Å². The Morgan fingerprint density at radius 2 is 1.57 bits per heavy atom. The predicted molar refractivity (Wildman–Crippen MR) is 130 cm³/mol. The van der Waals surface area contributed by atoms with Crippen molar-refractivity contribution >= 4 is 41.4 Å². The Balaban J connectivity index is 2.95. The summed E-state index contributed by atoms with van der Waals surface area (Å²) in [4.78, 5) is 60.7. The van der Waals surface area contributed by atoms with Crippen LogP contribution in [0.3, 0.4) is 0 Å². The van der Waals surface area contributed by atoms with Gasteiger partial charge in [-0.15, -0.1) is 0 Å². The topological polar surface area (TPSA) is 214 Å². The maximum Gasteiger partial charge on any atom is 0.326 e. The van der Waals surface area contributed by atoms with Crippen molar-refractivity contribution in [1.82, 2.24) is 16.0 Å². The van der Waals surface area contributed by atoms with Gasteiger partial charge in [0.15, 0.2) is 0 Å². The van der Waals surface area contributed by atoms with Crippen molar-refractivity contribution in [3.8, 4) is 0 Å². The first kappa shape index (κ1) is 29.9. The number of amides is 4. The summed E-state index contributed by atoms with van der Waals surface area (Å²) in [7, 11) is 0. The number of aliphatic hydroxyl groups excluding tert-OH is 1. The molecule has 0 aromatic heterocycles. The fourth-order valence-electron chi connectivity index (χ4n) is 3.06. The maximum atomic E-state index is 12.9. The molecule has 13 heteroatoms. The van der Waals surface area contributed by atoms with Crippen molar-refractivity contribution in [1.29, 1.82) is 0 Å². The summed E-state index contributed by atoms with van der Waals surface area (Å²) >= 11 is 1.41. The Hall–Kier alpha value is -3.16. The summed E-state index contributed by atoms with van der Waals surface area (Å²) in [5.74, 6) is -4.08. The van der Waals surface area contributed by atoms with Crippen molar-refractivity contribution in [2.45, 2.75) is 56.5 Å². The first-order chi connectivity index (χ1) is 16.5. The van der Waals surface area contributed by atoms with Gasteiger partial charge in [-0.1, -0.05) is 30.3 Å². The van der Waals surface area contributed by atoms with Crippen LogP contribution in [-0.2, 0) is 30.4 Å². The zero-order valence-electron chi connectivity index (χ0n) is 19.6. The van der Waals surface area contributed by atoms with Crippen LogP contribution < -0.4 is 27.4 Å². The Bertz CT molecular complexity index is 884. The van der Waals surface area contributed by atoms with Gasteiger partial charge in [0, 0.05) is 6.42 Å². The number of hydrogen-bond donors (Lipinski definition) is 7. The highest BCUT2D eigenvalue weighted by Crippen LogP contribution is 2.07. The fourth-order valence-corrected chi connectivity index (χ4v) is 3.53. The lowest BCUT2D eigenvalue weighted by Gasteiger charge is -2.26. The molecule has 0 aliphatic heterocycles. The van der Waals surface area contributed by atoms with E-state index in [9.17, 15) is 34.2 Å². The molecule has 0 spiro atoms. The summed E-state index contributed by atoms with van der Waals surface area (Å²) in [5, 5.41) is 26.7. The van der Waals surface area contributed by atoms with Crippen LogP contribution in [0, 0.1) is 0 Å². The number of primary amides is 1. The van der Waals surface area contributed by atoms with E-state index >= 15 is 0 Å². The summed E-state index contributed by atoms with van der Waals surface area (Å²) in [6.07, 6.45) is 0.170. The van der Waals surface area contributed by atoms with E-state index < -0.39 is 66.3 Å². The van der Waals surface area contributed by atoms with Gasteiger partial charge in [-0.25, -0.2) is 4.79 Å². The number of carboxylic acid groups (broad SMARTS) is 1. The molecule has 0 saturated carbocycles. The molecule has 0 aliphatic rings. The van der Waals surface area contributed by atoms with Gasteiger partial charge < -0.3 is 37.6 Å². The van der Waals surface area contributed by atoms with Gasteiger partial charge in [-0.05, 0) is 30.9 Å². The minimum atomic E-state index is -1.48. The molecule has 0 aliphatic carbocycles. The highest BCUT2D eigenvalue weighted by atomic mass is 32.2. The van der Waals surface area contributed by atoms with Crippen molar-refractivity contribution < 1.29 is 34.2 Å². The second-order valence-corrected chi connectivity index (χ2v) is 8.92. The van der Waals surface area contributed by atoms with E-state index in [1.54, 1.807) is 36.6 Å². The van der Waals surface area contributed by atoms with Gasteiger partial charge in [0.25, 0.3) is 0 Å². The van der Waals surface area contributed by atoms with E-state index in [4.69, 9.17) is 11.5 Å². The first-order valence-corrected chi connectivity index (χ1v) is 12.2. The average Bonchev–Trinajstić information content (AvgIpc) is 2.79. The second-order valence-electron chi connectivity index (χ2n) is 7.94. The quantitative estimate of drug-likeness (QED) is 0.140. The molecule has 0 fully saturated rings. The summed E-state index contributed by atoms with van der Waals surface area (Å²) < 4.78 is 0. The molecule has 0 heterocycles. The second kappa shape index (κ2) is 15.0. The number of carbonyl (C=O) groups excluding carboxylic acids is 4. The summed E-state index contributed by atoms with van der Waals surface area (Å²) in [6.45, 7) is 1.25. The lowest BCUT2D eigenvalue weighted by Crippen LogP contribution is -2.60. The number of aliphatic carboxylic acids is 1. The van der Waals surface area contributed by atoms with E-state index in [0.717, 1.165) is 0 Å². The number of carbonyl (C=O) groups is 5. The molecule has 1 aromatic rings. The van der Waals surface area contributed by atoms with Gasteiger partial charge in [0.2, 0.25) is 23.6 Å². The molecule has 0 radical (unpaired) electrons. The number of carboxylic acids is 1. The van der Waals surface area contributed by atoms with Crippen LogP contribution in [0.15, 0.2) is 30.3 Å². The normalized spacial score (nSPS) is 15.1. The molecule has 5 atom stereocenters. The highest BCUT2D eigenvalue weighted by molar-refractivity contribution is 7.98. The molecule has 0 saturated heterocycles. The Labute approximate surface area is 207 Å². The van der Waals surface area contributed by atoms with Gasteiger partial charge in [-0.3, -0.25) is 19.2 Å². The van der Waals surface area contributed by atoms with Crippen molar-refractivity contribution in [3.05, 3.63) is 35.9 Å². The smallest absolute Gasteiger partial charge is 0.326 e. The standard InChI is InChI=1S/C22H33N5O7S/c1-12(28)18(27-19(30)14(23)11-17(24)29)21(32)25-15(8-9-35-2)20(31)26-16(22(33)34)10-13-6-4-3-5-7-13/h3-7,12,14-16,18,28H,8-11,23H2,1-2H3,(H2,24,29)(H,25,32)(H,26,31)(H,27,30)(H,33,34). The Morgan fingerprint density at radius 3 is 2.09 bits per heavy atom. The van der Waals surface area contributed by atoms with E-state index in [0.29, 0.717) is 11.3 Å². The fraction of sp³-hybridized carbons (Fsp3) is 0.500. The van der Waals surface area contributed by atoms with Crippen molar-refractivity contribution in [2.75, 3.05) is 12.0 Å². The van der Waals surface area contributed by atoms with Gasteiger partial charge in [-0.2, -0.15) is 11.8 Å². The molecule has 9 N–H and O–H groups in total. The van der Waals surface area contributed by atoms with Crippen LogP contribution in [0.1, 0.15) is 25.3 Å². The Kier molecular flexibility index (Phi) is 12.8. The van der Waals surface area contributed by atoms with Gasteiger partial charge in [0.05, 0.1) is 18.6 Å². The van der Waals surface area contributed by atoms with Crippen LogP contribution in [0.5, 0.6) is 0 Å². The van der Waals surface area contributed by atoms with Gasteiger partial charge >= 0.3 is 5.97 Å². The number of rotatable bonds is 15. The average molecular weight is 512 g/mol. The van der Waals surface area contributed by atoms with E-state index in [2.05, 4.69) is 16.0 Å². The molecule has 4 amide bonds. The van der Waals surface area contributed by atoms with Crippen LogP contribution in [0.4, 0.5) is 0 Å². The lowest BCUT2D eigenvalue weighted by molar-refractivity contribution is -0.142. The highest BCUT2D eigenvalue weighted by Gasteiger charge is 2.32. The molecule has 12 nitrogen and oxygen atoms in total. The zero-order chi connectivity index (χ0) is 26.5. The number of aliphatic hydroxyl groups is 1. The monoisotopic (exact) mass is 511 g/mol. The molecule has 194 valence electrons. The SMILES string of the molecule is CSCCC(NC(=O)C(NC(=O)C(N)CC(N)=O)C(C)O)C(=O)NC(Cc1ccccc1)C(=O)O. The third-order valence-corrected chi connectivity index (χ3v) is 5.61. The lowest BCUT2D eigenvalue weighted by atomic mass is 10.0. The largest absolute Gasteiger partial charge is 0.480 e. The number of benzene rings is 1. The van der Waals surface area contributed by atoms with Crippen LogP contribution >= 0.6 is 11.8 Å². The molecule has 0 bridgehead atoms. The van der Waals surface area contributed by atoms with Crippen LogP contribution in [0.2, 0.25) is 0 Å². The molecule has 5 unspecified atom stereocenters. The number of thioether (sulfide) groups is 1. The maximum absolute atomic E-state index is 12.9. The van der Waals surface area contributed by atoms with E-state index in [1.807, 2.05) is 0 Å². The van der Waals surface area contributed by atoms with Crippen LogP contribution in [0.25, 0.3) is 0 Å². The third kappa shape index (κ3) is 10.8. The van der Waals surface area contributed by atoms with Crippen molar-refractivity contribution in [2.24, 2.45) is 11.5 Å². The van der Waals surface area contributed by atoms with Crippen molar-refractivity contribution in [3.63, 3.8) is 0 Å². The zero-order valence-corrected chi connectivity index (χ0v) is 20.4. The molecule has 1 aromatic carbocycles. The number of hydrogen-bond acceptors (Lipinski definition) is 8. The molecule has 35 heavy (non-hydrogen) atoms. The molecular formula is C22H33N5O7S. The minimum Gasteiger partial charge on any atom is -0.480 e. The predicted octanol–water partition coefficient (Wildman–Crippen LogP) is -1.90.